The Bertz CT molecular complexity index is 213. The fraction of sp³-hybridized carbons (Fsp3) is 0.444. The van der Waals surface area contributed by atoms with Crippen LogP contribution in [-0.4, -0.2) is 19.9 Å². The SMILES string of the molecule is CCC.[B]c1ccnc(NC)c1. The van der Waals surface area contributed by atoms with Crippen LogP contribution in [0.3, 0.4) is 0 Å². The van der Waals surface area contributed by atoms with Crippen LogP contribution in [0.15, 0.2) is 18.3 Å². The van der Waals surface area contributed by atoms with Gasteiger partial charge in [-0.05, 0) is 6.07 Å². The topological polar surface area (TPSA) is 24.9 Å². The number of hydrogen-bond donors (Lipinski definition) is 1. The summed E-state index contributed by atoms with van der Waals surface area (Å²) in [4.78, 5) is 3.97. The van der Waals surface area contributed by atoms with Gasteiger partial charge in [0.1, 0.15) is 13.7 Å². The predicted octanol–water partition coefficient (Wildman–Crippen LogP) is 1.33. The Labute approximate surface area is 75.8 Å². The van der Waals surface area contributed by atoms with Crippen molar-refractivity contribution >= 4 is 19.1 Å². The zero-order chi connectivity index (χ0) is 9.40. The highest BCUT2D eigenvalue weighted by molar-refractivity contribution is 6.32. The molecule has 2 radical (unpaired) electrons. The molecular weight excluding hydrogens is 147 g/mol. The zero-order valence-electron chi connectivity index (χ0n) is 7.96. The number of hydrogen-bond acceptors (Lipinski definition) is 2. The molecule has 0 bridgehead atoms. The third-order valence-corrected chi connectivity index (χ3v) is 1.04. The van der Waals surface area contributed by atoms with Crippen molar-refractivity contribution in [1.29, 1.82) is 0 Å². The van der Waals surface area contributed by atoms with Crippen LogP contribution in [0.2, 0.25) is 0 Å². The van der Waals surface area contributed by atoms with Gasteiger partial charge in [-0.2, -0.15) is 0 Å². The van der Waals surface area contributed by atoms with Crippen molar-refractivity contribution in [3.8, 4) is 0 Å². The van der Waals surface area contributed by atoms with Crippen molar-refractivity contribution in [3.63, 3.8) is 0 Å². The largest absolute Gasteiger partial charge is 0.373 e. The molecule has 0 aliphatic heterocycles. The first-order chi connectivity index (χ1) is 5.74. The van der Waals surface area contributed by atoms with Gasteiger partial charge < -0.3 is 5.32 Å². The number of pyridine rings is 1. The first kappa shape index (κ1) is 11.0. The molecule has 0 saturated heterocycles. The van der Waals surface area contributed by atoms with Gasteiger partial charge in [0.05, 0.1) is 0 Å². The lowest BCUT2D eigenvalue weighted by Gasteiger charge is -1.97. The summed E-state index contributed by atoms with van der Waals surface area (Å²) in [6.45, 7) is 4.25. The van der Waals surface area contributed by atoms with E-state index in [-0.39, 0.29) is 0 Å². The van der Waals surface area contributed by atoms with Crippen LogP contribution in [0.25, 0.3) is 0 Å². The Morgan fingerprint density at radius 1 is 1.50 bits per heavy atom. The fourth-order valence-electron chi connectivity index (χ4n) is 0.584. The standard InChI is InChI=1S/C6H7BN2.C3H8/c1-8-6-4-5(7)2-3-9-6;1-3-2/h2-4H,1H3,(H,8,9);3H2,1-2H3. The maximum Gasteiger partial charge on any atom is 0.125 e. The first-order valence-electron chi connectivity index (χ1n) is 4.13. The molecule has 0 atom stereocenters. The van der Waals surface area contributed by atoms with E-state index in [2.05, 4.69) is 24.1 Å². The second-order valence-corrected chi connectivity index (χ2v) is 2.43. The van der Waals surface area contributed by atoms with Gasteiger partial charge in [0.2, 0.25) is 0 Å². The molecule has 64 valence electrons. The van der Waals surface area contributed by atoms with Crippen LogP contribution in [0, 0.1) is 0 Å². The van der Waals surface area contributed by atoms with E-state index in [9.17, 15) is 0 Å². The quantitative estimate of drug-likeness (QED) is 0.630. The molecule has 0 spiro atoms. The predicted molar refractivity (Wildman–Crippen MR) is 55.1 cm³/mol. The van der Waals surface area contributed by atoms with Gasteiger partial charge in [-0.1, -0.05) is 31.8 Å². The van der Waals surface area contributed by atoms with Crippen molar-refractivity contribution in [3.05, 3.63) is 18.3 Å². The normalized spacial score (nSPS) is 8.25. The molecule has 1 aromatic rings. The molecule has 1 rings (SSSR count). The highest BCUT2D eigenvalue weighted by Gasteiger charge is 1.86. The summed E-state index contributed by atoms with van der Waals surface area (Å²) in [5.74, 6) is 0.801. The van der Waals surface area contributed by atoms with E-state index in [0.717, 1.165) is 11.3 Å². The molecule has 0 aromatic carbocycles. The third-order valence-electron chi connectivity index (χ3n) is 1.04. The lowest BCUT2D eigenvalue weighted by Crippen LogP contribution is -2.03. The van der Waals surface area contributed by atoms with E-state index in [1.165, 1.54) is 6.42 Å². The minimum Gasteiger partial charge on any atom is -0.373 e. The van der Waals surface area contributed by atoms with Gasteiger partial charge in [0.15, 0.2) is 0 Å². The monoisotopic (exact) mass is 162 g/mol. The molecule has 1 aromatic heterocycles. The Hall–Kier alpha value is -0.985. The molecule has 3 heteroatoms. The smallest absolute Gasteiger partial charge is 0.125 e. The van der Waals surface area contributed by atoms with Crippen LogP contribution in [0.4, 0.5) is 5.82 Å². The van der Waals surface area contributed by atoms with Crippen molar-refractivity contribution in [2.75, 3.05) is 12.4 Å². The van der Waals surface area contributed by atoms with Crippen LogP contribution in [-0.2, 0) is 0 Å². The Balaban J connectivity index is 0.000000354. The van der Waals surface area contributed by atoms with Crippen LogP contribution >= 0.6 is 0 Å². The molecule has 12 heavy (non-hydrogen) atoms. The lowest BCUT2D eigenvalue weighted by molar-refractivity contribution is 1.09. The Morgan fingerprint density at radius 3 is 2.42 bits per heavy atom. The van der Waals surface area contributed by atoms with Gasteiger partial charge >= 0.3 is 0 Å². The van der Waals surface area contributed by atoms with Gasteiger partial charge in [0, 0.05) is 13.2 Å². The maximum atomic E-state index is 5.45. The third kappa shape index (κ3) is 4.77. The molecular formula is C9H15BN2. The first-order valence-corrected chi connectivity index (χ1v) is 4.13. The summed E-state index contributed by atoms with van der Waals surface area (Å²) < 4.78 is 0. The van der Waals surface area contributed by atoms with Crippen LogP contribution < -0.4 is 10.8 Å². The molecule has 0 saturated carbocycles. The fourth-order valence-corrected chi connectivity index (χ4v) is 0.584. The number of anilines is 1. The minimum absolute atomic E-state index is 0.731. The van der Waals surface area contributed by atoms with E-state index in [4.69, 9.17) is 7.85 Å². The number of nitrogens with one attached hydrogen (secondary N) is 1. The average Bonchev–Trinajstić information content (AvgIpc) is 2.06. The van der Waals surface area contributed by atoms with E-state index in [1.54, 1.807) is 18.3 Å². The molecule has 0 aliphatic carbocycles. The van der Waals surface area contributed by atoms with Crippen molar-refractivity contribution in [1.82, 2.24) is 4.98 Å². The lowest BCUT2D eigenvalue weighted by atomic mass is 9.98. The van der Waals surface area contributed by atoms with E-state index < -0.39 is 0 Å². The molecule has 0 unspecified atom stereocenters. The summed E-state index contributed by atoms with van der Waals surface area (Å²) in [7, 11) is 7.26. The van der Waals surface area contributed by atoms with Gasteiger partial charge in [-0.25, -0.2) is 4.98 Å². The van der Waals surface area contributed by atoms with Gasteiger partial charge in [0.25, 0.3) is 0 Å². The Morgan fingerprint density at radius 2 is 2.08 bits per heavy atom. The number of rotatable bonds is 1. The summed E-state index contributed by atoms with van der Waals surface area (Å²) in [6, 6.07) is 3.53. The number of nitrogens with zero attached hydrogens (tertiary/aromatic N) is 1. The summed E-state index contributed by atoms with van der Waals surface area (Å²) >= 11 is 0. The van der Waals surface area contributed by atoms with Crippen LogP contribution in [0.1, 0.15) is 20.3 Å². The second kappa shape index (κ2) is 6.71. The molecule has 1 heterocycles. The summed E-state index contributed by atoms with van der Waals surface area (Å²) in [5, 5.41) is 2.88. The van der Waals surface area contributed by atoms with Crippen molar-refractivity contribution < 1.29 is 0 Å². The Kier molecular flexibility index (Phi) is 6.16. The van der Waals surface area contributed by atoms with Crippen molar-refractivity contribution in [2.24, 2.45) is 0 Å². The van der Waals surface area contributed by atoms with Crippen LogP contribution in [0.5, 0.6) is 0 Å². The number of aromatic nitrogens is 1. The highest BCUT2D eigenvalue weighted by Crippen LogP contribution is 1.93. The molecule has 0 fully saturated rings. The van der Waals surface area contributed by atoms with Crippen molar-refractivity contribution in [2.45, 2.75) is 20.3 Å². The summed E-state index contributed by atoms with van der Waals surface area (Å²) in [6.07, 6.45) is 2.92. The molecule has 2 nitrogen and oxygen atoms in total. The van der Waals surface area contributed by atoms with E-state index in [1.807, 2.05) is 7.05 Å². The average molecular weight is 162 g/mol. The minimum atomic E-state index is 0.731. The van der Waals surface area contributed by atoms with Gasteiger partial charge in [-0.3, -0.25) is 0 Å². The highest BCUT2D eigenvalue weighted by atomic mass is 14.9. The summed E-state index contributed by atoms with van der Waals surface area (Å²) in [5.41, 5.74) is 0.731. The second-order valence-electron chi connectivity index (χ2n) is 2.43. The molecule has 0 amide bonds. The van der Waals surface area contributed by atoms with E-state index in [0.29, 0.717) is 0 Å². The maximum absolute atomic E-state index is 5.45. The van der Waals surface area contributed by atoms with Gasteiger partial charge in [-0.15, -0.1) is 0 Å². The van der Waals surface area contributed by atoms with E-state index >= 15 is 0 Å². The zero-order valence-corrected chi connectivity index (χ0v) is 7.96. The molecule has 1 N–H and O–H groups in total. The molecule has 0 aliphatic rings.